The van der Waals surface area contributed by atoms with E-state index in [1.165, 1.54) is 35.8 Å². The molecule has 2 N–H and O–H groups in total. The normalized spacial score (nSPS) is 11.0. The van der Waals surface area contributed by atoms with Crippen molar-refractivity contribution in [3.8, 4) is 17.0 Å². The summed E-state index contributed by atoms with van der Waals surface area (Å²) in [7, 11) is 0. The van der Waals surface area contributed by atoms with Gasteiger partial charge in [-0.05, 0) is 24.3 Å². The van der Waals surface area contributed by atoms with Gasteiger partial charge in [0.05, 0.1) is 21.9 Å². The van der Waals surface area contributed by atoms with Gasteiger partial charge in [0, 0.05) is 33.7 Å². The van der Waals surface area contributed by atoms with Crippen LogP contribution in [-0.4, -0.2) is 21.2 Å². The SMILES string of the molecule is O=[N+]([O-])c1ccc(O)c(/C=N/Nc2nc(-c3ccc(Cl)cc3Cl)cs2)c1. The zero-order valence-corrected chi connectivity index (χ0v) is 15.2. The number of thiazole rings is 1. The van der Waals surface area contributed by atoms with Crippen molar-refractivity contribution in [1.82, 2.24) is 4.98 Å². The number of aromatic nitrogens is 1. The van der Waals surface area contributed by atoms with Gasteiger partial charge in [-0.3, -0.25) is 15.5 Å². The largest absolute Gasteiger partial charge is 0.507 e. The molecule has 10 heteroatoms. The van der Waals surface area contributed by atoms with Gasteiger partial charge >= 0.3 is 0 Å². The van der Waals surface area contributed by atoms with Crippen LogP contribution in [0.5, 0.6) is 5.75 Å². The molecule has 0 aliphatic heterocycles. The molecule has 0 aliphatic carbocycles. The lowest BCUT2D eigenvalue weighted by atomic mass is 10.2. The van der Waals surface area contributed by atoms with Crippen LogP contribution in [0.1, 0.15) is 5.56 Å². The van der Waals surface area contributed by atoms with Crippen molar-refractivity contribution in [3.05, 3.63) is 67.5 Å². The first-order valence-corrected chi connectivity index (χ1v) is 8.75. The van der Waals surface area contributed by atoms with Crippen molar-refractivity contribution in [2.24, 2.45) is 5.10 Å². The number of hydrogen-bond acceptors (Lipinski definition) is 7. The second kappa shape index (κ2) is 7.69. The highest BCUT2D eigenvalue weighted by molar-refractivity contribution is 7.14. The standard InChI is InChI=1S/C16H10Cl2N4O3S/c17-10-1-3-12(13(18)6-10)14-8-26-16(20-14)21-19-7-9-5-11(22(24)25)2-4-15(9)23/h1-8,23H,(H,20,21)/b19-7+. The average molecular weight is 409 g/mol. The van der Waals surface area contributed by atoms with E-state index in [9.17, 15) is 15.2 Å². The fourth-order valence-corrected chi connectivity index (χ4v) is 3.23. The molecule has 0 saturated heterocycles. The van der Waals surface area contributed by atoms with Crippen LogP contribution in [0.3, 0.4) is 0 Å². The first-order chi connectivity index (χ1) is 12.4. The number of aromatic hydroxyl groups is 1. The molecule has 3 rings (SSSR count). The second-order valence-corrected chi connectivity index (χ2v) is 6.73. The molecule has 0 unspecified atom stereocenters. The summed E-state index contributed by atoms with van der Waals surface area (Å²) in [6.45, 7) is 0. The van der Waals surface area contributed by atoms with Crippen LogP contribution in [0.4, 0.5) is 10.8 Å². The van der Waals surface area contributed by atoms with Crippen LogP contribution < -0.4 is 5.43 Å². The molecule has 3 aromatic rings. The van der Waals surface area contributed by atoms with Gasteiger partial charge in [-0.15, -0.1) is 11.3 Å². The maximum atomic E-state index is 10.8. The number of nitrogens with one attached hydrogen (secondary N) is 1. The fourth-order valence-electron chi connectivity index (χ4n) is 2.06. The van der Waals surface area contributed by atoms with Crippen LogP contribution in [0.15, 0.2) is 46.9 Å². The molecule has 7 nitrogen and oxygen atoms in total. The van der Waals surface area contributed by atoms with E-state index in [1.807, 2.05) is 0 Å². The Morgan fingerprint density at radius 3 is 2.81 bits per heavy atom. The number of nitro benzene ring substituents is 1. The van der Waals surface area contributed by atoms with E-state index in [2.05, 4.69) is 15.5 Å². The molecule has 1 aromatic heterocycles. The molecule has 1 heterocycles. The van der Waals surface area contributed by atoms with E-state index >= 15 is 0 Å². The van der Waals surface area contributed by atoms with Crippen molar-refractivity contribution in [3.63, 3.8) is 0 Å². The number of nitrogens with zero attached hydrogens (tertiary/aromatic N) is 3. The number of halogens is 2. The van der Waals surface area contributed by atoms with Crippen molar-refractivity contribution in [1.29, 1.82) is 0 Å². The van der Waals surface area contributed by atoms with Gasteiger partial charge in [-0.2, -0.15) is 5.10 Å². The number of nitro groups is 1. The van der Waals surface area contributed by atoms with E-state index in [-0.39, 0.29) is 17.0 Å². The lowest BCUT2D eigenvalue weighted by Gasteiger charge is -2.01. The first kappa shape index (κ1) is 18.1. The summed E-state index contributed by atoms with van der Waals surface area (Å²) in [5.74, 6) is -0.117. The Balaban J connectivity index is 1.75. The molecule has 0 bridgehead atoms. The minimum absolute atomic E-state index is 0.117. The molecule has 26 heavy (non-hydrogen) atoms. The topological polar surface area (TPSA) is 101 Å². The van der Waals surface area contributed by atoms with Gasteiger partial charge < -0.3 is 5.11 Å². The molecular weight excluding hydrogens is 399 g/mol. The summed E-state index contributed by atoms with van der Waals surface area (Å²) in [6, 6.07) is 8.80. The molecule has 0 fully saturated rings. The van der Waals surface area contributed by atoms with E-state index in [0.717, 1.165) is 5.56 Å². The third-order valence-corrected chi connectivity index (χ3v) is 4.59. The third-order valence-electron chi connectivity index (χ3n) is 3.30. The molecule has 0 saturated carbocycles. The predicted molar refractivity (Wildman–Crippen MR) is 104 cm³/mol. The number of non-ortho nitro benzene ring substituents is 1. The number of phenols is 1. The third kappa shape index (κ3) is 4.10. The highest BCUT2D eigenvalue weighted by Crippen LogP contribution is 2.32. The van der Waals surface area contributed by atoms with Gasteiger partial charge in [0.2, 0.25) is 5.13 Å². The van der Waals surface area contributed by atoms with E-state index in [4.69, 9.17) is 23.2 Å². The van der Waals surface area contributed by atoms with E-state index < -0.39 is 4.92 Å². The zero-order chi connectivity index (χ0) is 18.7. The molecule has 2 aromatic carbocycles. The Bertz CT molecular complexity index is 1010. The van der Waals surface area contributed by atoms with E-state index in [1.54, 1.807) is 23.6 Å². The summed E-state index contributed by atoms with van der Waals surface area (Å²) in [5.41, 5.74) is 4.18. The number of phenolic OH excluding ortho intramolecular Hbond substituents is 1. The maximum absolute atomic E-state index is 10.8. The van der Waals surface area contributed by atoms with E-state index in [0.29, 0.717) is 20.9 Å². The number of hydrogen-bond donors (Lipinski definition) is 2. The number of hydrazone groups is 1. The van der Waals surface area contributed by atoms with Crippen molar-refractivity contribution in [2.75, 3.05) is 5.43 Å². The summed E-state index contributed by atoms with van der Waals surface area (Å²) >= 11 is 13.4. The Hall–Kier alpha value is -2.68. The smallest absolute Gasteiger partial charge is 0.270 e. The van der Waals surface area contributed by atoms with Gasteiger partial charge in [0.15, 0.2) is 0 Å². The molecule has 0 spiro atoms. The van der Waals surface area contributed by atoms with Crippen LogP contribution in [0.2, 0.25) is 10.0 Å². The Morgan fingerprint density at radius 1 is 1.27 bits per heavy atom. The van der Waals surface area contributed by atoms with Crippen molar-refractivity contribution in [2.45, 2.75) is 0 Å². The highest BCUT2D eigenvalue weighted by atomic mass is 35.5. The average Bonchev–Trinajstić information content (AvgIpc) is 3.05. The maximum Gasteiger partial charge on any atom is 0.270 e. The predicted octanol–water partition coefficient (Wildman–Crippen LogP) is 5.18. The second-order valence-electron chi connectivity index (χ2n) is 5.03. The summed E-state index contributed by atoms with van der Waals surface area (Å²) in [5, 5.41) is 27.8. The Kier molecular flexibility index (Phi) is 5.36. The Labute approximate surface area is 161 Å². The lowest BCUT2D eigenvalue weighted by molar-refractivity contribution is -0.384. The molecule has 0 atom stereocenters. The number of rotatable bonds is 5. The van der Waals surface area contributed by atoms with Gasteiger partial charge in [-0.1, -0.05) is 23.2 Å². The molecule has 0 amide bonds. The summed E-state index contributed by atoms with van der Waals surface area (Å²) < 4.78 is 0. The van der Waals surface area contributed by atoms with Crippen LogP contribution in [0.25, 0.3) is 11.3 Å². The number of anilines is 1. The van der Waals surface area contributed by atoms with Gasteiger partial charge in [0.25, 0.3) is 5.69 Å². The molecule has 0 aliphatic rings. The van der Waals surface area contributed by atoms with Crippen LogP contribution in [-0.2, 0) is 0 Å². The van der Waals surface area contributed by atoms with Crippen LogP contribution in [0, 0.1) is 10.1 Å². The van der Waals surface area contributed by atoms with Gasteiger partial charge in [-0.25, -0.2) is 4.98 Å². The minimum atomic E-state index is -0.548. The quantitative estimate of drug-likeness (QED) is 0.344. The monoisotopic (exact) mass is 408 g/mol. The number of benzene rings is 2. The van der Waals surface area contributed by atoms with Crippen molar-refractivity contribution >= 4 is 51.6 Å². The molecule has 0 radical (unpaired) electrons. The summed E-state index contributed by atoms with van der Waals surface area (Å²) in [6.07, 6.45) is 1.28. The lowest BCUT2D eigenvalue weighted by Crippen LogP contribution is -1.93. The van der Waals surface area contributed by atoms with Crippen LogP contribution >= 0.6 is 34.5 Å². The summed E-state index contributed by atoms with van der Waals surface area (Å²) in [4.78, 5) is 14.6. The fraction of sp³-hybridized carbons (Fsp3) is 0. The molecular formula is C16H10Cl2N4O3S. The molecule has 132 valence electrons. The zero-order valence-electron chi connectivity index (χ0n) is 12.9. The minimum Gasteiger partial charge on any atom is -0.507 e. The van der Waals surface area contributed by atoms with Crippen molar-refractivity contribution < 1.29 is 10.0 Å². The highest BCUT2D eigenvalue weighted by Gasteiger charge is 2.10. The first-order valence-electron chi connectivity index (χ1n) is 7.11. The Morgan fingerprint density at radius 2 is 2.08 bits per heavy atom. The van der Waals surface area contributed by atoms with Gasteiger partial charge in [0.1, 0.15) is 5.75 Å².